The van der Waals surface area contributed by atoms with E-state index in [4.69, 9.17) is 0 Å². The first kappa shape index (κ1) is 8.20. The summed E-state index contributed by atoms with van der Waals surface area (Å²) in [6.07, 6.45) is 1.53. The van der Waals surface area contributed by atoms with Crippen molar-refractivity contribution in [1.29, 1.82) is 0 Å². The lowest BCUT2D eigenvalue weighted by molar-refractivity contribution is 0.100. The summed E-state index contributed by atoms with van der Waals surface area (Å²) in [5.41, 5.74) is 0.390. The maximum atomic E-state index is 10.9. The van der Waals surface area contributed by atoms with Gasteiger partial charge in [-0.15, -0.1) is 12.6 Å². The first-order valence-electron chi connectivity index (χ1n) is 3.15. The third-order valence-electron chi connectivity index (χ3n) is 1.22. The zero-order chi connectivity index (χ0) is 8.43. The summed E-state index contributed by atoms with van der Waals surface area (Å²) in [5, 5.41) is 0. The Morgan fingerprint density at radius 3 is 2.73 bits per heavy atom. The molecule has 0 radical (unpaired) electrons. The van der Waals surface area contributed by atoms with Gasteiger partial charge in [-0.2, -0.15) is 0 Å². The van der Waals surface area contributed by atoms with Crippen molar-refractivity contribution in [2.24, 2.45) is 0 Å². The number of aryl methyl sites for hydroxylation is 1. The smallest absolute Gasteiger partial charge is 0.179 e. The topological polar surface area (TPSA) is 42.9 Å². The molecule has 58 valence electrons. The van der Waals surface area contributed by atoms with Crippen LogP contribution < -0.4 is 0 Å². The van der Waals surface area contributed by atoms with E-state index in [1.807, 2.05) is 0 Å². The fraction of sp³-hybridized carbons (Fsp3) is 0.286. The first-order chi connectivity index (χ1) is 5.11. The second kappa shape index (κ2) is 3.00. The Hall–Kier alpha value is -0.900. The maximum Gasteiger partial charge on any atom is 0.179 e. The van der Waals surface area contributed by atoms with Crippen LogP contribution in [0.25, 0.3) is 0 Å². The van der Waals surface area contributed by atoms with Crippen LogP contribution in [0.3, 0.4) is 0 Å². The van der Waals surface area contributed by atoms with E-state index in [0.717, 1.165) is 0 Å². The van der Waals surface area contributed by atoms with Crippen molar-refractivity contribution in [3.8, 4) is 0 Å². The summed E-state index contributed by atoms with van der Waals surface area (Å²) in [7, 11) is 0. The Balaban J connectivity index is 3.23. The van der Waals surface area contributed by atoms with E-state index in [0.29, 0.717) is 16.4 Å². The summed E-state index contributed by atoms with van der Waals surface area (Å²) >= 11 is 4.04. The number of thiol groups is 1. The molecule has 1 aromatic heterocycles. The van der Waals surface area contributed by atoms with Gasteiger partial charge in [0.05, 0.1) is 4.90 Å². The minimum atomic E-state index is -0.0829. The molecule has 0 aliphatic carbocycles. The number of aromatic nitrogens is 2. The Morgan fingerprint density at radius 1 is 1.64 bits per heavy atom. The van der Waals surface area contributed by atoms with Crippen LogP contribution >= 0.6 is 12.6 Å². The molecule has 1 heterocycles. The quantitative estimate of drug-likeness (QED) is 0.507. The van der Waals surface area contributed by atoms with E-state index in [9.17, 15) is 4.79 Å². The molecular weight excluding hydrogens is 160 g/mol. The molecule has 0 saturated heterocycles. The molecular formula is C7H8N2OS. The lowest BCUT2D eigenvalue weighted by Gasteiger charge is -1.98. The maximum absolute atomic E-state index is 10.9. The van der Waals surface area contributed by atoms with Crippen molar-refractivity contribution in [2.75, 3.05) is 0 Å². The third-order valence-corrected chi connectivity index (χ3v) is 1.55. The van der Waals surface area contributed by atoms with E-state index < -0.39 is 0 Å². The second-order valence-electron chi connectivity index (χ2n) is 2.21. The van der Waals surface area contributed by atoms with Crippen LogP contribution in [0.1, 0.15) is 23.2 Å². The summed E-state index contributed by atoms with van der Waals surface area (Å²) in [4.78, 5) is 19.2. The number of carbonyl (C=O) groups excluding carboxylic acids is 1. The van der Waals surface area contributed by atoms with Gasteiger partial charge in [-0.05, 0) is 6.92 Å². The molecule has 0 fully saturated rings. The van der Waals surface area contributed by atoms with E-state index in [2.05, 4.69) is 22.6 Å². The van der Waals surface area contributed by atoms with Crippen molar-refractivity contribution >= 4 is 18.4 Å². The number of rotatable bonds is 1. The van der Waals surface area contributed by atoms with Crippen LogP contribution in [0.2, 0.25) is 0 Å². The Labute approximate surface area is 70.3 Å². The van der Waals surface area contributed by atoms with E-state index in [1.54, 1.807) is 6.92 Å². The molecule has 0 spiro atoms. The third kappa shape index (κ3) is 1.77. The summed E-state index contributed by atoms with van der Waals surface area (Å²) in [6.45, 7) is 3.20. The van der Waals surface area contributed by atoms with Crippen molar-refractivity contribution in [3.63, 3.8) is 0 Å². The highest BCUT2D eigenvalue weighted by molar-refractivity contribution is 7.80. The van der Waals surface area contributed by atoms with Crippen LogP contribution in [-0.4, -0.2) is 15.8 Å². The molecule has 1 aromatic rings. The highest BCUT2D eigenvalue weighted by Gasteiger charge is 2.05. The number of hydrogen-bond acceptors (Lipinski definition) is 4. The minimum Gasteiger partial charge on any atom is -0.293 e. The predicted octanol–water partition coefficient (Wildman–Crippen LogP) is 1.28. The van der Waals surface area contributed by atoms with Crippen LogP contribution in [0.15, 0.2) is 11.1 Å². The first-order valence-corrected chi connectivity index (χ1v) is 3.59. The summed E-state index contributed by atoms with van der Waals surface area (Å²) in [6, 6.07) is 0. The standard InChI is InChI=1S/C7H8N2OS/c1-4(10)7-6(11)3-8-5(2)9-7/h3,11H,1-2H3. The average molecular weight is 168 g/mol. The van der Waals surface area contributed by atoms with Gasteiger partial charge in [-0.1, -0.05) is 0 Å². The molecule has 0 aromatic carbocycles. The fourth-order valence-electron chi connectivity index (χ4n) is 0.723. The normalized spacial score (nSPS) is 9.73. The SMILES string of the molecule is CC(=O)c1nc(C)ncc1S. The van der Waals surface area contributed by atoms with E-state index >= 15 is 0 Å². The van der Waals surface area contributed by atoms with Gasteiger partial charge in [-0.3, -0.25) is 4.79 Å². The highest BCUT2D eigenvalue weighted by Crippen LogP contribution is 2.09. The van der Waals surface area contributed by atoms with Gasteiger partial charge >= 0.3 is 0 Å². The molecule has 1 rings (SSSR count). The second-order valence-corrected chi connectivity index (χ2v) is 2.69. The lowest BCUT2D eigenvalue weighted by Crippen LogP contribution is -2.01. The fourth-order valence-corrected chi connectivity index (χ4v) is 0.988. The molecule has 0 unspecified atom stereocenters. The highest BCUT2D eigenvalue weighted by atomic mass is 32.1. The molecule has 0 aliphatic heterocycles. The number of nitrogens with zero attached hydrogens (tertiary/aromatic N) is 2. The minimum absolute atomic E-state index is 0.0829. The summed E-state index contributed by atoms with van der Waals surface area (Å²) < 4.78 is 0. The largest absolute Gasteiger partial charge is 0.293 e. The molecule has 0 amide bonds. The molecule has 0 N–H and O–H groups in total. The van der Waals surface area contributed by atoms with Crippen LogP contribution in [0.4, 0.5) is 0 Å². The van der Waals surface area contributed by atoms with Crippen LogP contribution in [0.5, 0.6) is 0 Å². The van der Waals surface area contributed by atoms with E-state index in [-0.39, 0.29) is 5.78 Å². The molecule has 0 aliphatic rings. The number of carbonyl (C=O) groups is 1. The summed E-state index contributed by atoms with van der Waals surface area (Å²) in [5.74, 6) is 0.508. The lowest BCUT2D eigenvalue weighted by atomic mass is 10.3. The van der Waals surface area contributed by atoms with Gasteiger partial charge in [0.2, 0.25) is 0 Å². The van der Waals surface area contributed by atoms with Gasteiger partial charge < -0.3 is 0 Å². The van der Waals surface area contributed by atoms with Crippen molar-refractivity contribution in [3.05, 3.63) is 17.7 Å². The Bertz CT molecular complexity index is 298. The van der Waals surface area contributed by atoms with Gasteiger partial charge in [0.25, 0.3) is 0 Å². The Morgan fingerprint density at radius 2 is 2.27 bits per heavy atom. The van der Waals surface area contributed by atoms with Crippen molar-refractivity contribution < 1.29 is 4.79 Å². The van der Waals surface area contributed by atoms with Gasteiger partial charge in [-0.25, -0.2) is 9.97 Å². The molecule has 11 heavy (non-hydrogen) atoms. The van der Waals surface area contributed by atoms with Gasteiger partial charge in [0.1, 0.15) is 11.5 Å². The van der Waals surface area contributed by atoms with Crippen molar-refractivity contribution in [2.45, 2.75) is 18.7 Å². The van der Waals surface area contributed by atoms with Crippen LogP contribution in [-0.2, 0) is 0 Å². The molecule has 0 atom stereocenters. The zero-order valence-corrected chi connectivity index (χ0v) is 7.22. The molecule has 3 nitrogen and oxygen atoms in total. The van der Waals surface area contributed by atoms with Gasteiger partial charge in [0.15, 0.2) is 5.78 Å². The predicted molar refractivity (Wildman–Crippen MR) is 44.0 cm³/mol. The van der Waals surface area contributed by atoms with Gasteiger partial charge in [0, 0.05) is 13.1 Å². The Kier molecular flexibility index (Phi) is 2.24. The number of hydrogen-bond donors (Lipinski definition) is 1. The monoisotopic (exact) mass is 168 g/mol. The van der Waals surface area contributed by atoms with E-state index in [1.165, 1.54) is 13.1 Å². The average Bonchev–Trinajstić information content (AvgIpc) is 1.94. The number of ketones is 1. The number of Topliss-reactive ketones (excluding diaryl/α,β-unsaturated/α-hetero) is 1. The molecule has 0 saturated carbocycles. The zero-order valence-electron chi connectivity index (χ0n) is 6.33. The molecule has 4 heteroatoms. The van der Waals surface area contributed by atoms with Crippen LogP contribution in [0, 0.1) is 6.92 Å². The molecule has 0 bridgehead atoms. The van der Waals surface area contributed by atoms with Crippen molar-refractivity contribution in [1.82, 2.24) is 9.97 Å².